The maximum Gasteiger partial charge on any atom is 0.187 e. The average molecular weight is 178 g/mol. The molecule has 2 nitrogen and oxygen atoms in total. The van der Waals surface area contributed by atoms with Crippen LogP contribution in [-0.4, -0.2) is 6.54 Å². The highest BCUT2D eigenvalue weighted by Gasteiger charge is 1.79. The van der Waals surface area contributed by atoms with Gasteiger partial charge in [-0.25, -0.2) is 4.85 Å². The van der Waals surface area contributed by atoms with Gasteiger partial charge < -0.3 is 5.73 Å². The summed E-state index contributed by atoms with van der Waals surface area (Å²) in [4.78, 5) is 3.22. The van der Waals surface area contributed by atoms with Gasteiger partial charge in [-0.2, -0.15) is 0 Å². The minimum Gasteiger partial charge on any atom is -0.331 e. The van der Waals surface area contributed by atoms with Gasteiger partial charge in [-0.1, -0.05) is 51.1 Å². The molecule has 0 unspecified atom stereocenters. The highest BCUT2D eigenvalue weighted by Crippen LogP contribution is 2.07. The van der Waals surface area contributed by atoms with Gasteiger partial charge in [-0.05, 0) is 6.54 Å². The molecule has 0 amide bonds. The molecule has 0 aliphatic rings. The molecule has 72 valence electrons. The molecule has 0 spiro atoms. The lowest BCUT2D eigenvalue weighted by Crippen LogP contribution is -1.87. The Bertz CT molecular complexity index is 211. The quantitative estimate of drug-likeness (QED) is 0.607. The molecule has 0 saturated carbocycles. The van der Waals surface area contributed by atoms with E-state index in [2.05, 4.69) is 4.85 Å². The summed E-state index contributed by atoms with van der Waals surface area (Å²) in [5.74, 6) is 0. The Kier molecular flexibility index (Phi) is 14.5. The third-order valence-electron chi connectivity index (χ3n) is 0.885. The molecular formula is C11H18N2. The molecule has 13 heavy (non-hydrogen) atoms. The Hall–Kier alpha value is -1.33. The summed E-state index contributed by atoms with van der Waals surface area (Å²) in [6.45, 7) is 13.2. The van der Waals surface area contributed by atoms with Crippen LogP contribution in [0.15, 0.2) is 30.3 Å². The largest absolute Gasteiger partial charge is 0.331 e. The maximum absolute atomic E-state index is 6.57. The molecule has 1 aromatic carbocycles. The predicted molar refractivity (Wildman–Crippen MR) is 58.8 cm³/mol. The van der Waals surface area contributed by atoms with Crippen molar-refractivity contribution >= 4 is 5.69 Å². The molecule has 0 heterocycles. The van der Waals surface area contributed by atoms with Crippen molar-refractivity contribution in [2.75, 3.05) is 6.54 Å². The summed E-state index contributed by atoms with van der Waals surface area (Å²) in [6.07, 6.45) is 0. The van der Waals surface area contributed by atoms with Gasteiger partial charge in [0.05, 0.1) is 6.57 Å². The molecule has 1 rings (SSSR count). The topological polar surface area (TPSA) is 30.4 Å². The Morgan fingerprint density at radius 2 is 1.62 bits per heavy atom. The fourth-order valence-corrected chi connectivity index (χ4v) is 0.503. The zero-order valence-electron chi connectivity index (χ0n) is 8.62. The summed E-state index contributed by atoms with van der Waals surface area (Å²) in [5, 5.41) is 0. The first-order chi connectivity index (χ1) is 6.35. The van der Waals surface area contributed by atoms with Gasteiger partial charge in [0.15, 0.2) is 5.69 Å². The first-order valence-electron chi connectivity index (χ1n) is 4.47. The van der Waals surface area contributed by atoms with E-state index in [1.54, 1.807) is 12.1 Å². The van der Waals surface area contributed by atoms with E-state index in [0.717, 1.165) is 6.54 Å². The van der Waals surface area contributed by atoms with Crippen LogP contribution in [0.4, 0.5) is 5.69 Å². The maximum atomic E-state index is 6.57. The number of hydrogen-bond donors (Lipinski definition) is 1. The molecule has 0 aliphatic heterocycles. The molecule has 0 aliphatic carbocycles. The molecule has 1 aromatic rings. The molecule has 0 aromatic heterocycles. The smallest absolute Gasteiger partial charge is 0.187 e. The van der Waals surface area contributed by atoms with Gasteiger partial charge in [0.1, 0.15) is 0 Å². The molecule has 2 heteroatoms. The van der Waals surface area contributed by atoms with E-state index in [0.29, 0.717) is 5.69 Å². The fourth-order valence-electron chi connectivity index (χ4n) is 0.503. The lowest BCUT2D eigenvalue weighted by Gasteiger charge is -1.80. The van der Waals surface area contributed by atoms with E-state index in [4.69, 9.17) is 12.3 Å². The van der Waals surface area contributed by atoms with Crippen LogP contribution in [0.25, 0.3) is 4.85 Å². The second-order valence-corrected chi connectivity index (χ2v) is 1.86. The van der Waals surface area contributed by atoms with E-state index in [-0.39, 0.29) is 0 Å². The third-order valence-corrected chi connectivity index (χ3v) is 0.885. The van der Waals surface area contributed by atoms with Crippen molar-refractivity contribution < 1.29 is 0 Å². The number of rotatable bonds is 0. The molecule has 0 saturated heterocycles. The zero-order valence-corrected chi connectivity index (χ0v) is 8.62. The minimum absolute atomic E-state index is 0.701. The normalized spacial score (nSPS) is 6.69. The molecule has 0 fully saturated rings. The van der Waals surface area contributed by atoms with E-state index >= 15 is 0 Å². The van der Waals surface area contributed by atoms with Crippen LogP contribution in [0.2, 0.25) is 0 Å². The average Bonchev–Trinajstić information content (AvgIpc) is 2.23. The lowest BCUT2D eigenvalue weighted by molar-refractivity contribution is 1.14. The first-order valence-corrected chi connectivity index (χ1v) is 4.47. The first kappa shape index (κ1) is 14.2. The number of nitrogens with zero attached hydrogens (tertiary/aromatic N) is 1. The van der Waals surface area contributed by atoms with Crippen molar-refractivity contribution in [3.8, 4) is 0 Å². The van der Waals surface area contributed by atoms with E-state index in [9.17, 15) is 0 Å². The minimum atomic E-state index is 0.701. The van der Waals surface area contributed by atoms with Crippen LogP contribution in [0.3, 0.4) is 0 Å². The molecule has 0 atom stereocenters. The Labute approximate surface area is 81.2 Å². The number of hydrogen-bond acceptors (Lipinski definition) is 1. The molecular weight excluding hydrogens is 160 g/mol. The molecule has 0 bridgehead atoms. The van der Waals surface area contributed by atoms with E-state index < -0.39 is 0 Å². The third kappa shape index (κ3) is 10.7. The van der Waals surface area contributed by atoms with Crippen molar-refractivity contribution in [2.45, 2.75) is 20.8 Å². The van der Waals surface area contributed by atoms with Gasteiger partial charge in [-0.15, -0.1) is 0 Å². The van der Waals surface area contributed by atoms with Crippen molar-refractivity contribution in [1.29, 1.82) is 0 Å². The van der Waals surface area contributed by atoms with Gasteiger partial charge in [0.25, 0.3) is 0 Å². The van der Waals surface area contributed by atoms with Gasteiger partial charge in [0.2, 0.25) is 0 Å². The highest BCUT2D eigenvalue weighted by atomic mass is 14.6. The van der Waals surface area contributed by atoms with E-state index in [1.807, 2.05) is 39.0 Å². The summed E-state index contributed by atoms with van der Waals surface area (Å²) in [6, 6.07) is 9.18. The predicted octanol–water partition coefficient (Wildman–Crippen LogP) is 3.23. The fraction of sp³-hybridized carbons (Fsp3) is 0.364. The van der Waals surface area contributed by atoms with Gasteiger partial charge in [0, 0.05) is 0 Å². The van der Waals surface area contributed by atoms with Crippen LogP contribution in [0.5, 0.6) is 0 Å². The second-order valence-electron chi connectivity index (χ2n) is 1.86. The monoisotopic (exact) mass is 178 g/mol. The van der Waals surface area contributed by atoms with Crippen LogP contribution in [0.1, 0.15) is 20.8 Å². The Morgan fingerprint density at radius 1 is 1.23 bits per heavy atom. The number of benzene rings is 1. The van der Waals surface area contributed by atoms with Crippen LogP contribution in [0, 0.1) is 6.57 Å². The van der Waals surface area contributed by atoms with Crippen LogP contribution in [-0.2, 0) is 0 Å². The standard InChI is InChI=1S/C7H5N.C2H7N.C2H6/c1-8-7-5-3-2-4-6-7;1-2-3;1-2/h2-6H;2-3H2,1H3;1-2H3. The van der Waals surface area contributed by atoms with Gasteiger partial charge in [-0.3, -0.25) is 0 Å². The zero-order chi connectivity index (χ0) is 10.5. The Balaban J connectivity index is 0. The van der Waals surface area contributed by atoms with Crippen molar-refractivity contribution in [1.82, 2.24) is 0 Å². The van der Waals surface area contributed by atoms with Crippen LogP contribution >= 0.6 is 0 Å². The molecule has 2 N–H and O–H groups in total. The summed E-state index contributed by atoms with van der Waals surface area (Å²) < 4.78 is 0. The van der Waals surface area contributed by atoms with Crippen LogP contribution < -0.4 is 5.73 Å². The van der Waals surface area contributed by atoms with E-state index in [1.165, 1.54) is 0 Å². The van der Waals surface area contributed by atoms with Gasteiger partial charge >= 0.3 is 0 Å². The lowest BCUT2D eigenvalue weighted by atomic mass is 10.3. The second kappa shape index (κ2) is 13.3. The molecule has 0 radical (unpaired) electrons. The van der Waals surface area contributed by atoms with Crippen molar-refractivity contribution in [2.24, 2.45) is 5.73 Å². The highest BCUT2D eigenvalue weighted by molar-refractivity contribution is 5.42. The summed E-state index contributed by atoms with van der Waals surface area (Å²) in [7, 11) is 0. The SMILES string of the molecule is CC.CCN.[C-]#[N+]c1ccccc1. The summed E-state index contributed by atoms with van der Waals surface area (Å²) in [5.41, 5.74) is 5.55. The number of para-hydroxylation sites is 1. The van der Waals surface area contributed by atoms with Crippen molar-refractivity contribution in [3.05, 3.63) is 41.7 Å². The Morgan fingerprint density at radius 3 is 1.85 bits per heavy atom. The summed E-state index contributed by atoms with van der Waals surface area (Å²) >= 11 is 0. The van der Waals surface area contributed by atoms with Crippen molar-refractivity contribution in [3.63, 3.8) is 0 Å². The number of nitrogens with two attached hydrogens (primary N) is 1.